The third-order valence-corrected chi connectivity index (χ3v) is 3.35. The highest BCUT2D eigenvalue weighted by molar-refractivity contribution is 7.07. The molecule has 0 aliphatic carbocycles. The lowest BCUT2D eigenvalue weighted by atomic mass is 10.00. The Balaban J connectivity index is 2.21. The third kappa shape index (κ3) is 2.88. The van der Waals surface area contributed by atoms with Crippen LogP contribution in [0.3, 0.4) is 0 Å². The second kappa shape index (κ2) is 5.35. The van der Waals surface area contributed by atoms with Crippen LogP contribution in [0.1, 0.15) is 22.9 Å². The Morgan fingerprint density at radius 2 is 2.35 bits per heavy atom. The van der Waals surface area contributed by atoms with Crippen molar-refractivity contribution in [3.8, 4) is 0 Å². The molecule has 1 aromatic carbocycles. The summed E-state index contributed by atoms with van der Waals surface area (Å²) >= 11 is 1.52. The van der Waals surface area contributed by atoms with Crippen molar-refractivity contribution in [3.63, 3.8) is 0 Å². The minimum atomic E-state index is -0.223. The van der Waals surface area contributed by atoms with Crippen LogP contribution in [0.25, 0.3) is 0 Å². The molecule has 3 N–H and O–H groups in total. The van der Waals surface area contributed by atoms with Gasteiger partial charge in [-0.25, -0.2) is 9.37 Å². The van der Waals surface area contributed by atoms with Gasteiger partial charge in [-0.1, -0.05) is 6.07 Å². The molecule has 0 saturated carbocycles. The lowest BCUT2D eigenvalue weighted by Gasteiger charge is -2.15. The predicted molar refractivity (Wildman–Crippen MR) is 67.0 cm³/mol. The van der Waals surface area contributed by atoms with Crippen molar-refractivity contribution in [2.75, 3.05) is 0 Å². The monoisotopic (exact) mass is 251 g/mol. The molecule has 1 heterocycles. The van der Waals surface area contributed by atoms with Crippen LogP contribution < -0.4 is 11.3 Å². The number of nitrogens with two attached hydrogens (primary N) is 1. The maximum atomic E-state index is 13.2. The quantitative estimate of drug-likeness (QED) is 0.648. The minimum absolute atomic E-state index is 0.0817. The van der Waals surface area contributed by atoms with Crippen molar-refractivity contribution in [2.24, 2.45) is 5.84 Å². The topological polar surface area (TPSA) is 50.9 Å². The first kappa shape index (κ1) is 12.2. The lowest BCUT2D eigenvalue weighted by molar-refractivity contribution is 0.537. The standard InChI is InChI=1S/C12H14FN3S/c1-8-2-3-10(13)4-9(8)5-11(16-14)12-6-17-7-15-12/h2-4,6-7,11,16H,5,14H2,1H3. The summed E-state index contributed by atoms with van der Waals surface area (Å²) in [6, 6.07) is 4.71. The highest BCUT2D eigenvalue weighted by Gasteiger charge is 2.14. The second-order valence-corrected chi connectivity index (χ2v) is 4.63. The van der Waals surface area contributed by atoms with Gasteiger partial charge in [-0.2, -0.15) is 0 Å². The van der Waals surface area contributed by atoms with Gasteiger partial charge in [0.25, 0.3) is 0 Å². The number of nitrogens with one attached hydrogen (secondary N) is 1. The van der Waals surface area contributed by atoms with Crippen LogP contribution in [0.5, 0.6) is 0 Å². The highest BCUT2D eigenvalue weighted by atomic mass is 32.1. The first-order valence-electron chi connectivity index (χ1n) is 5.30. The van der Waals surface area contributed by atoms with Crippen molar-refractivity contribution in [1.29, 1.82) is 0 Å². The molecule has 0 spiro atoms. The van der Waals surface area contributed by atoms with E-state index in [2.05, 4.69) is 10.4 Å². The van der Waals surface area contributed by atoms with Gasteiger partial charge in [-0.05, 0) is 36.6 Å². The zero-order valence-corrected chi connectivity index (χ0v) is 10.3. The maximum Gasteiger partial charge on any atom is 0.123 e. The molecule has 90 valence electrons. The fourth-order valence-electron chi connectivity index (χ4n) is 1.72. The zero-order chi connectivity index (χ0) is 12.3. The Morgan fingerprint density at radius 1 is 1.53 bits per heavy atom. The lowest BCUT2D eigenvalue weighted by Crippen LogP contribution is -2.30. The number of nitrogens with zero attached hydrogens (tertiary/aromatic N) is 1. The smallest absolute Gasteiger partial charge is 0.123 e. The number of thiazole rings is 1. The average molecular weight is 251 g/mol. The molecule has 2 rings (SSSR count). The highest BCUT2D eigenvalue weighted by Crippen LogP contribution is 2.20. The molecule has 3 nitrogen and oxygen atoms in total. The molecule has 0 radical (unpaired) electrons. The van der Waals surface area contributed by atoms with Crippen molar-refractivity contribution in [1.82, 2.24) is 10.4 Å². The van der Waals surface area contributed by atoms with Gasteiger partial charge in [0.1, 0.15) is 5.82 Å². The Kier molecular flexibility index (Phi) is 3.83. The van der Waals surface area contributed by atoms with Crippen LogP contribution in [-0.2, 0) is 6.42 Å². The normalized spacial score (nSPS) is 12.6. The molecule has 0 bridgehead atoms. The van der Waals surface area contributed by atoms with E-state index in [1.807, 2.05) is 12.3 Å². The largest absolute Gasteiger partial charge is 0.271 e. The van der Waals surface area contributed by atoms with E-state index < -0.39 is 0 Å². The van der Waals surface area contributed by atoms with Crippen molar-refractivity contribution < 1.29 is 4.39 Å². The molecule has 0 saturated heterocycles. The van der Waals surface area contributed by atoms with Gasteiger partial charge in [-0.3, -0.25) is 11.3 Å². The van der Waals surface area contributed by atoms with Crippen molar-refractivity contribution in [3.05, 3.63) is 51.7 Å². The van der Waals surface area contributed by atoms with Gasteiger partial charge in [0, 0.05) is 5.38 Å². The van der Waals surface area contributed by atoms with Crippen LogP contribution in [-0.4, -0.2) is 4.98 Å². The number of hydrogen-bond acceptors (Lipinski definition) is 4. The van der Waals surface area contributed by atoms with E-state index in [0.717, 1.165) is 16.8 Å². The Bertz CT molecular complexity index is 485. The fourth-order valence-corrected chi connectivity index (χ4v) is 2.33. The second-order valence-electron chi connectivity index (χ2n) is 3.91. The van der Waals surface area contributed by atoms with E-state index in [1.165, 1.54) is 17.4 Å². The minimum Gasteiger partial charge on any atom is -0.271 e. The van der Waals surface area contributed by atoms with Crippen LogP contribution in [0, 0.1) is 12.7 Å². The maximum absolute atomic E-state index is 13.2. The zero-order valence-electron chi connectivity index (χ0n) is 9.48. The predicted octanol–water partition coefficient (Wildman–Crippen LogP) is 2.34. The fraction of sp³-hybridized carbons (Fsp3) is 0.250. The van der Waals surface area contributed by atoms with Gasteiger partial charge >= 0.3 is 0 Å². The van der Waals surface area contributed by atoms with E-state index >= 15 is 0 Å². The average Bonchev–Trinajstić information content (AvgIpc) is 2.84. The summed E-state index contributed by atoms with van der Waals surface area (Å²) in [5.41, 5.74) is 7.38. The Morgan fingerprint density at radius 3 is 3.00 bits per heavy atom. The van der Waals surface area contributed by atoms with Gasteiger partial charge in [0.2, 0.25) is 0 Å². The number of halogens is 1. The number of hydrazine groups is 1. The number of benzene rings is 1. The molecule has 2 aromatic rings. The van der Waals surface area contributed by atoms with E-state index in [4.69, 9.17) is 5.84 Å². The number of aromatic nitrogens is 1. The molecule has 17 heavy (non-hydrogen) atoms. The van der Waals surface area contributed by atoms with E-state index in [0.29, 0.717) is 6.42 Å². The summed E-state index contributed by atoms with van der Waals surface area (Å²) in [6.07, 6.45) is 0.629. The molecular weight excluding hydrogens is 237 g/mol. The molecule has 1 unspecified atom stereocenters. The molecular formula is C12H14FN3S. The summed E-state index contributed by atoms with van der Waals surface area (Å²) in [5, 5.41) is 1.94. The van der Waals surface area contributed by atoms with E-state index in [-0.39, 0.29) is 11.9 Å². The molecule has 1 atom stereocenters. The first-order chi connectivity index (χ1) is 8.20. The number of aryl methyl sites for hydroxylation is 1. The van der Waals surface area contributed by atoms with Gasteiger partial charge in [-0.15, -0.1) is 11.3 Å². The van der Waals surface area contributed by atoms with Crippen LogP contribution in [0.2, 0.25) is 0 Å². The molecule has 1 aromatic heterocycles. The summed E-state index contributed by atoms with van der Waals surface area (Å²) in [6.45, 7) is 1.96. The van der Waals surface area contributed by atoms with Crippen molar-refractivity contribution >= 4 is 11.3 Å². The Hall–Kier alpha value is -1.30. The van der Waals surface area contributed by atoms with Gasteiger partial charge in [0.15, 0.2) is 0 Å². The first-order valence-corrected chi connectivity index (χ1v) is 6.24. The molecule has 0 aliphatic heterocycles. The van der Waals surface area contributed by atoms with Crippen molar-refractivity contribution in [2.45, 2.75) is 19.4 Å². The SMILES string of the molecule is Cc1ccc(F)cc1CC(NN)c1cscn1. The number of hydrogen-bond donors (Lipinski definition) is 2. The van der Waals surface area contributed by atoms with E-state index in [9.17, 15) is 4.39 Å². The van der Waals surface area contributed by atoms with Crippen LogP contribution >= 0.6 is 11.3 Å². The van der Waals surface area contributed by atoms with Gasteiger partial charge < -0.3 is 0 Å². The molecule has 0 amide bonds. The third-order valence-electron chi connectivity index (χ3n) is 2.74. The Labute approximate surface area is 103 Å². The summed E-state index contributed by atoms with van der Waals surface area (Å²) in [5.74, 6) is 5.30. The van der Waals surface area contributed by atoms with Gasteiger partial charge in [0.05, 0.1) is 17.2 Å². The van der Waals surface area contributed by atoms with Crippen LogP contribution in [0.15, 0.2) is 29.1 Å². The summed E-state index contributed by atoms with van der Waals surface area (Å²) < 4.78 is 13.2. The number of rotatable bonds is 4. The van der Waals surface area contributed by atoms with E-state index in [1.54, 1.807) is 17.6 Å². The van der Waals surface area contributed by atoms with Crippen LogP contribution in [0.4, 0.5) is 4.39 Å². The molecule has 0 fully saturated rings. The molecule has 5 heteroatoms. The summed E-state index contributed by atoms with van der Waals surface area (Å²) in [4.78, 5) is 4.22. The summed E-state index contributed by atoms with van der Waals surface area (Å²) in [7, 11) is 0. The molecule has 0 aliphatic rings.